The Morgan fingerprint density at radius 3 is 2.30 bits per heavy atom. The predicted molar refractivity (Wildman–Crippen MR) is 96.5 cm³/mol. The smallest absolute Gasteiger partial charge is 0.212 e. The minimum Gasteiger partial charge on any atom is -0.212 e. The lowest BCUT2D eigenvalue weighted by Crippen LogP contribution is -2.28. The maximum atomic E-state index is 12.3. The summed E-state index contributed by atoms with van der Waals surface area (Å²) < 4.78 is 27.4. The molecule has 6 heteroatoms. The second kappa shape index (κ2) is 7.67. The Hall–Kier alpha value is -1.07. The van der Waals surface area contributed by atoms with Crippen molar-refractivity contribution < 1.29 is 8.42 Å². The van der Waals surface area contributed by atoms with Crippen LogP contribution in [0.5, 0.6) is 0 Å². The van der Waals surface area contributed by atoms with Crippen molar-refractivity contribution in [1.29, 1.82) is 0 Å². The highest BCUT2D eigenvalue weighted by molar-refractivity contribution is 7.88. The summed E-state index contributed by atoms with van der Waals surface area (Å²) in [6.07, 6.45) is 0.954. The van der Waals surface area contributed by atoms with Crippen LogP contribution >= 0.6 is 23.2 Å². The van der Waals surface area contributed by atoms with Gasteiger partial charge in [-0.3, -0.25) is 0 Å². The van der Waals surface area contributed by atoms with E-state index in [1.54, 1.807) is 18.2 Å². The Bertz CT molecular complexity index is 774. The lowest BCUT2D eigenvalue weighted by molar-refractivity contribution is 0.566. The zero-order valence-electron chi connectivity index (χ0n) is 13.0. The third-order valence-electron chi connectivity index (χ3n) is 3.60. The summed E-state index contributed by atoms with van der Waals surface area (Å²) in [7, 11) is -3.51. The normalized spacial score (nSPS) is 13.0. The van der Waals surface area contributed by atoms with Gasteiger partial charge in [0.05, 0.1) is 5.75 Å². The van der Waals surface area contributed by atoms with E-state index in [0.29, 0.717) is 15.6 Å². The van der Waals surface area contributed by atoms with Gasteiger partial charge < -0.3 is 0 Å². The number of benzene rings is 2. The number of halogens is 2. The van der Waals surface area contributed by atoms with Crippen LogP contribution in [0.4, 0.5) is 0 Å². The summed E-state index contributed by atoms with van der Waals surface area (Å²) in [5, 5.41) is 0.830. The van der Waals surface area contributed by atoms with Crippen molar-refractivity contribution >= 4 is 33.2 Å². The predicted octanol–water partition coefficient (Wildman–Crippen LogP) is 4.74. The van der Waals surface area contributed by atoms with E-state index in [2.05, 4.69) is 11.6 Å². The van der Waals surface area contributed by atoms with Crippen LogP contribution in [0, 0.1) is 0 Å². The molecule has 2 aromatic carbocycles. The Labute approximate surface area is 147 Å². The van der Waals surface area contributed by atoms with Crippen LogP contribution in [0.25, 0.3) is 0 Å². The first kappa shape index (κ1) is 18.3. The molecule has 0 aliphatic rings. The topological polar surface area (TPSA) is 46.2 Å². The van der Waals surface area contributed by atoms with Crippen molar-refractivity contribution in [3.8, 4) is 0 Å². The Morgan fingerprint density at radius 2 is 1.74 bits per heavy atom. The zero-order valence-corrected chi connectivity index (χ0v) is 15.3. The summed E-state index contributed by atoms with van der Waals surface area (Å²) in [6, 6.07) is 12.4. The minimum absolute atomic E-state index is 0.180. The Morgan fingerprint density at radius 1 is 1.09 bits per heavy atom. The van der Waals surface area contributed by atoms with Gasteiger partial charge in [-0.2, -0.15) is 0 Å². The van der Waals surface area contributed by atoms with Crippen LogP contribution in [0.2, 0.25) is 10.0 Å². The van der Waals surface area contributed by atoms with E-state index in [0.717, 1.165) is 12.0 Å². The van der Waals surface area contributed by atoms with E-state index < -0.39 is 10.0 Å². The maximum absolute atomic E-state index is 12.3. The maximum Gasteiger partial charge on any atom is 0.216 e. The fraction of sp³-hybridized carbons (Fsp3) is 0.294. The number of sulfonamides is 1. The van der Waals surface area contributed by atoms with E-state index in [4.69, 9.17) is 23.2 Å². The summed E-state index contributed by atoms with van der Waals surface area (Å²) >= 11 is 11.9. The number of nitrogens with one attached hydrogen (secondary N) is 1. The van der Waals surface area contributed by atoms with Crippen LogP contribution in [0.15, 0.2) is 42.5 Å². The molecule has 23 heavy (non-hydrogen) atoms. The molecule has 0 heterocycles. The van der Waals surface area contributed by atoms with E-state index in [1.807, 2.05) is 31.2 Å². The fourth-order valence-corrected chi connectivity index (χ4v) is 4.24. The van der Waals surface area contributed by atoms with Gasteiger partial charge in [-0.1, -0.05) is 60.5 Å². The molecule has 3 nitrogen and oxygen atoms in total. The first-order chi connectivity index (χ1) is 10.8. The van der Waals surface area contributed by atoms with Crippen molar-refractivity contribution in [3.05, 3.63) is 69.2 Å². The second-order valence-corrected chi connectivity index (χ2v) is 8.03. The highest BCUT2D eigenvalue weighted by atomic mass is 35.5. The van der Waals surface area contributed by atoms with E-state index in [9.17, 15) is 8.42 Å². The van der Waals surface area contributed by atoms with Crippen molar-refractivity contribution in [2.45, 2.75) is 32.1 Å². The van der Waals surface area contributed by atoms with Gasteiger partial charge in [0.15, 0.2) is 0 Å². The van der Waals surface area contributed by atoms with Crippen molar-refractivity contribution in [2.24, 2.45) is 0 Å². The molecule has 0 bridgehead atoms. The number of hydrogen-bond donors (Lipinski definition) is 1. The van der Waals surface area contributed by atoms with E-state index >= 15 is 0 Å². The average Bonchev–Trinajstić information content (AvgIpc) is 2.49. The molecule has 1 atom stereocenters. The minimum atomic E-state index is -3.51. The molecule has 0 saturated carbocycles. The highest BCUT2D eigenvalue weighted by Gasteiger charge is 2.18. The van der Waals surface area contributed by atoms with Gasteiger partial charge in [-0.15, -0.1) is 0 Å². The van der Waals surface area contributed by atoms with Gasteiger partial charge in [0.2, 0.25) is 10.0 Å². The van der Waals surface area contributed by atoms with Crippen molar-refractivity contribution in [3.63, 3.8) is 0 Å². The lowest BCUT2D eigenvalue weighted by atomic mass is 10.1. The first-order valence-electron chi connectivity index (χ1n) is 7.33. The largest absolute Gasteiger partial charge is 0.216 e. The third-order valence-corrected chi connectivity index (χ3v) is 5.60. The average molecular weight is 372 g/mol. The third kappa shape index (κ3) is 5.21. The standard InChI is InChI=1S/C17H19Cl2NO2S/c1-3-13-4-6-14(7-5-13)12(2)20-23(21,22)11-15-8-9-16(18)10-17(15)19/h4-10,12,20H,3,11H2,1-2H3/t12-/m1/s1. The summed E-state index contributed by atoms with van der Waals surface area (Å²) in [5.74, 6) is -0.180. The first-order valence-corrected chi connectivity index (χ1v) is 9.74. The molecule has 2 aromatic rings. The van der Waals surface area contributed by atoms with Crippen LogP contribution in [-0.2, 0) is 22.2 Å². The molecular formula is C17H19Cl2NO2S. The second-order valence-electron chi connectivity index (χ2n) is 5.43. The number of aryl methyl sites for hydroxylation is 1. The summed E-state index contributed by atoms with van der Waals surface area (Å²) in [6.45, 7) is 3.90. The van der Waals surface area contributed by atoms with Gasteiger partial charge in [0.1, 0.15) is 0 Å². The van der Waals surface area contributed by atoms with Gasteiger partial charge in [-0.05, 0) is 42.2 Å². The molecule has 0 amide bonds. The molecule has 0 radical (unpaired) electrons. The lowest BCUT2D eigenvalue weighted by Gasteiger charge is -2.15. The highest BCUT2D eigenvalue weighted by Crippen LogP contribution is 2.23. The van der Waals surface area contributed by atoms with E-state index in [-0.39, 0.29) is 11.8 Å². The molecule has 1 N–H and O–H groups in total. The van der Waals surface area contributed by atoms with Gasteiger partial charge in [-0.25, -0.2) is 13.1 Å². The van der Waals surface area contributed by atoms with Gasteiger partial charge >= 0.3 is 0 Å². The molecule has 0 saturated heterocycles. The monoisotopic (exact) mass is 371 g/mol. The molecule has 0 fully saturated rings. The van der Waals surface area contributed by atoms with Crippen LogP contribution in [-0.4, -0.2) is 8.42 Å². The number of rotatable bonds is 6. The molecule has 0 unspecified atom stereocenters. The SMILES string of the molecule is CCc1ccc([C@@H](C)NS(=O)(=O)Cc2ccc(Cl)cc2Cl)cc1. The van der Waals surface area contributed by atoms with Gasteiger partial charge in [0, 0.05) is 16.1 Å². The Kier molecular flexibility index (Phi) is 6.09. The molecule has 0 aliphatic carbocycles. The molecule has 0 aromatic heterocycles. The Balaban J connectivity index is 2.10. The fourth-order valence-electron chi connectivity index (χ4n) is 2.26. The van der Waals surface area contributed by atoms with Crippen molar-refractivity contribution in [1.82, 2.24) is 4.72 Å². The van der Waals surface area contributed by atoms with Crippen LogP contribution in [0.1, 0.15) is 36.6 Å². The zero-order chi connectivity index (χ0) is 17.0. The van der Waals surface area contributed by atoms with Gasteiger partial charge in [0.25, 0.3) is 0 Å². The van der Waals surface area contributed by atoms with E-state index in [1.165, 1.54) is 5.56 Å². The summed E-state index contributed by atoms with van der Waals surface area (Å²) in [5.41, 5.74) is 2.67. The van der Waals surface area contributed by atoms with Crippen molar-refractivity contribution in [2.75, 3.05) is 0 Å². The quantitative estimate of drug-likeness (QED) is 0.796. The number of hydrogen-bond acceptors (Lipinski definition) is 2. The summed E-state index contributed by atoms with van der Waals surface area (Å²) in [4.78, 5) is 0. The molecule has 0 aliphatic heterocycles. The van der Waals surface area contributed by atoms with Crippen LogP contribution < -0.4 is 4.72 Å². The molecular weight excluding hydrogens is 353 g/mol. The molecule has 124 valence electrons. The van der Waals surface area contributed by atoms with Crippen LogP contribution in [0.3, 0.4) is 0 Å². The molecule has 0 spiro atoms. The molecule has 2 rings (SSSR count).